The molecule has 0 saturated carbocycles. The summed E-state index contributed by atoms with van der Waals surface area (Å²) >= 11 is 0. The zero-order valence-electron chi connectivity index (χ0n) is 15.9. The molecule has 0 aliphatic rings. The van der Waals surface area contributed by atoms with Crippen molar-refractivity contribution >= 4 is 23.2 Å². The summed E-state index contributed by atoms with van der Waals surface area (Å²) in [7, 11) is 1.72. The molecule has 9 heteroatoms. The minimum absolute atomic E-state index is 0.0188. The SMILES string of the molecule is CNC(CC(C)(C)C)C(=O)Nc1ccc(F)c(NC(=O)Cn2cncn2)c1. The van der Waals surface area contributed by atoms with Gasteiger partial charge in [0.2, 0.25) is 11.8 Å². The maximum absolute atomic E-state index is 14.0. The van der Waals surface area contributed by atoms with E-state index in [0.29, 0.717) is 12.1 Å². The average Bonchev–Trinajstić information content (AvgIpc) is 3.07. The molecule has 0 aliphatic heterocycles. The Hall–Kier alpha value is -2.81. The van der Waals surface area contributed by atoms with Gasteiger partial charge < -0.3 is 16.0 Å². The van der Waals surface area contributed by atoms with Crippen molar-refractivity contribution in [3.05, 3.63) is 36.7 Å². The topological polar surface area (TPSA) is 101 Å². The molecule has 0 bridgehead atoms. The first-order valence-corrected chi connectivity index (χ1v) is 8.58. The van der Waals surface area contributed by atoms with Crippen LogP contribution in [0.4, 0.5) is 15.8 Å². The van der Waals surface area contributed by atoms with Crippen LogP contribution in [0, 0.1) is 11.2 Å². The van der Waals surface area contributed by atoms with E-state index in [1.807, 2.05) is 20.8 Å². The molecular formula is C18H25FN6O2. The van der Waals surface area contributed by atoms with Crippen molar-refractivity contribution in [2.75, 3.05) is 17.7 Å². The molecule has 8 nitrogen and oxygen atoms in total. The van der Waals surface area contributed by atoms with Gasteiger partial charge in [-0.2, -0.15) is 5.10 Å². The molecule has 0 saturated heterocycles. The molecule has 1 heterocycles. The number of amides is 2. The van der Waals surface area contributed by atoms with Gasteiger partial charge in [0.15, 0.2) is 0 Å². The fraction of sp³-hybridized carbons (Fsp3) is 0.444. The van der Waals surface area contributed by atoms with E-state index in [9.17, 15) is 14.0 Å². The normalized spacial score (nSPS) is 12.5. The smallest absolute Gasteiger partial charge is 0.246 e. The molecule has 2 rings (SSSR count). The Balaban J connectivity index is 2.05. The van der Waals surface area contributed by atoms with Crippen molar-refractivity contribution in [1.82, 2.24) is 20.1 Å². The van der Waals surface area contributed by atoms with Crippen LogP contribution < -0.4 is 16.0 Å². The minimum atomic E-state index is -0.597. The van der Waals surface area contributed by atoms with Crippen LogP contribution in [0.5, 0.6) is 0 Å². The lowest BCUT2D eigenvalue weighted by Crippen LogP contribution is -2.41. The molecule has 0 radical (unpaired) electrons. The van der Waals surface area contributed by atoms with E-state index in [2.05, 4.69) is 26.0 Å². The highest BCUT2D eigenvalue weighted by Crippen LogP contribution is 2.23. The lowest BCUT2D eigenvalue weighted by molar-refractivity contribution is -0.119. The number of halogens is 1. The quantitative estimate of drug-likeness (QED) is 0.686. The van der Waals surface area contributed by atoms with Crippen LogP contribution in [0.15, 0.2) is 30.9 Å². The lowest BCUT2D eigenvalue weighted by Gasteiger charge is -2.25. The molecule has 0 fully saturated rings. The Kier molecular flexibility index (Phi) is 6.62. The molecule has 146 valence electrons. The first-order chi connectivity index (χ1) is 12.7. The number of carbonyl (C=O) groups excluding carboxylic acids is 2. The van der Waals surface area contributed by atoms with Crippen LogP contribution in [0.25, 0.3) is 0 Å². The zero-order valence-corrected chi connectivity index (χ0v) is 15.9. The molecule has 3 N–H and O–H groups in total. The van der Waals surface area contributed by atoms with Gasteiger partial charge in [-0.1, -0.05) is 20.8 Å². The van der Waals surface area contributed by atoms with Gasteiger partial charge >= 0.3 is 0 Å². The third-order valence-electron chi connectivity index (χ3n) is 3.76. The monoisotopic (exact) mass is 376 g/mol. The van der Waals surface area contributed by atoms with Crippen LogP contribution in [0.1, 0.15) is 27.2 Å². The van der Waals surface area contributed by atoms with E-state index in [0.717, 1.165) is 0 Å². The molecule has 1 unspecified atom stereocenters. The number of likely N-dealkylation sites (N-methyl/N-ethyl adjacent to an activating group) is 1. The minimum Gasteiger partial charge on any atom is -0.325 e. The number of nitrogens with one attached hydrogen (secondary N) is 3. The van der Waals surface area contributed by atoms with Crippen LogP contribution in [-0.2, 0) is 16.1 Å². The van der Waals surface area contributed by atoms with Crippen molar-refractivity contribution in [2.24, 2.45) is 5.41 Å². The standard InChI is InChI=1S/C18H25FN6O2/c1-18(2,3)8-15(20-4)17(27)23-12-5-6-13(19)14(7-12)24-16(26)9-25-11-21-10-22-25/h5-7,10-11,15,20H,8-9H2,1-4H3,(H,23,27)(H,24,26). The predicted molar refractivity (Wildman–Crippen MR) is 101 cm³/mol. The number of hydrogen-bond acceptors (Lipinski definition) is 5. The van der Waals surface area contributed by atoms with Crippen molar-refractivity contribution in [2.45, 2.75) is 39.8 Å². The average molecular weight is 376 g/mol. The van der Waals surface area contributed by atoms with Crippen molar-refractivity contribution in [3.8, 4) is 0 Å². The summed E-state index contributed by atoms with van der Waals surface area (Å²) in [5, 5.41) is 12.0. The van der Waals surface area contributed by atoms with Crippen molar-refractivity contribution in [3.63, 3.8) is 0 Å². The van der Waals surface area contributed by atoms with Gasteiger partial charge in [-0.3, -0.25) is 9.59 Å². The second-order valence-electron chi connectivity index (χ2n) is 7.43. The number of anilines is 2. The highest BCUT2D eigenvalue weighted by molar-refractivity contribution is 5.96. The summed E-state index contributed by atoms with van der Waals surface area (Å²) in [5.74, 6) is -1.28. The predicted octanol–water partition coefficient (Wildman–Crippen LogP) is 2.02. The highest BCUT2D eigenvalue weighted by atomic mass is 19.1. The fourth-order valence-electron chi connectivity index (χ4n) is 2.52. The summed E-state index contributed by atoms with van der Waals surface area (Å²) in [6.45, 7) is 6.05. The van der Waals surface area contributed by atoms with E-state index in [1.165, 1.54) is 35.5 Å². The molecular weight excluding hydrogens is 351 g/mol. The Morgan fingerprint density at radius 3 is 2.59 bits per heavy atom. The molecule has 1 aromatic carbocycles. The first-order valence-electron chi connectivity index (χ1n) is 8.58. The van der Waals surface area contributed by atoms with Gasteiger partial charge in [0.1, 0.15) is 25.0 Å². The molecule has 27 heavy (non-hydrogen) atoms. The zero-order chi connectivity index (χ0) is 20.0. The Morgan fingerprint density at radius 2 is 2.00 bits per heavy atom. The number of hydrogen-bond donors (Lipinski definition) is 3. The van der Waals surface area contributed by atoms with E-state index < -0.39 is 11.7 Å². The number of aromatic nitrogens is 3. The molecule has 1 aromatic heterocycles. The molecule has 2 aromatic rings. The van der Waals surface area contributed by atoms with Crippen LogP contribution >= 0.6 is 0 Å². The fourth-order valence-corrected chi connectivity index (χ4v) is 2.52. The molecule has 1 atom stereocenters. The number of carbonyl (C=O) groups is 2. The van der Waals surface area contributed by atoms with Gasteiger partial charge in [0.05, 0.1) is 11.7 Å². The van der Waals surface area contributed by atoms with E-state index in [-0.39, 0.29) is 29.6 Å². The van der Waals surface area contributed by atoms with Crippen LogP contribution in [0.3, 0.4) is 0 Å². The lowest BCUT2D eigenvalue weighted by atomic mass is 9.88. The number of rotatable bonds is 7. The summed E-state index contributed by atoms with van der Waals surface area (Å²) in [6.07, 6.45) is 3.33. The summed E-state index contributed by atoms with van der Waals surface area (Å²) in [5.41, 5.74) is 0.343. The van der Waals surface area contributed by atoms with Crippen LogP contribution in [-0.4, -0.2) is 39.7 Å². The third-order valence-corrected chi connectivity index (χ3v) is 3.76. The molecule has 2 amide bonds. The Bertz CT molecular complexity index is 786. The Morgan fingerprint density at radius 1 is 1.26 bits per heavy atom. The highest BCUT2D eigenvalue weighted by Gasteiger charge is 2.23. The van der Waals surface area contributed by atoms with E-state index in [4.69, 9.17) is 0 Å². The van der Waals surface area contributed by atoms with Crippen molar-refractivity contribution < 1.29 is 14.0 Å². The molecule has 0 spiro atoms. The second kappa shape index (κ2) is 8.72. The van der Waals surface area contributed by atoms with Gasteiger partial charge in [0, 0.05) is 5.69 Å². The summed E-state index contributed by atoms with van der Waals surface area (Å²) in [6, 6.07) is 3.64. The van der Waals surface area contributed by atoms with E-state index in [1.54, 1.807) is 7.05 Å². The maximum atomic E-state index is 14.0. The van der Waals surface area contributed by atoms with Gasteiger partial charge in [-0.05, 0) is 37.1 Å². The number of nitrogens with zero attached hydrogens (tertiary/aromatic N) is 3. The van der Waals surface area contributed by atoms with Gasteiger partial charge in [-0.15, -0.1) is 0 Å². The van der Waals surface area contributed by atoms with Crippen molar-refractivity contribution in [1.29, 1.82) is 0 Å². The van der Waals surface area contributed by atoms with Crippen LogP contribution in [0.2, 0.25) is 0 Å². The third kappa shape index (κ3) is 6.45. The van der Waals surface area contributed by atoms with E-state index >= 15 is 0 Å². The largest absolute Gasteiger partial charge is 0.325 e. The summed E-state index contributed by atoms with van der Waals surface area (Å²) < 4.78 is 15.3. The molecule has 0 aliphatic carbocycles. The summed E-state index contributed by atoms with van der Waals surface area (Å²) in [4.78, 5) is 28.2. The van der Waals surface area contributed by atoms with Gasteiger partial charge in [-0.25, -0.2) is 14.1 Å². The Labute approximate surface area is 157 Å². The second-order valence-corrected chi connectivity index (χ2v) is 7.43. The maximum Gasteiger partial charge on any atom is 0.246 e. The first kappa shape index (κ1) is 20.5. The van der Waals surface area contributed by atoms with Gasteiger partial charge in [0.25, 0.3) is 0 Å². The number of benzene rings is 1.